The van der Waals surface area contributed by atoms with Crippen LogP contribution < -0.4 is 5.32 Å². The van der Waals surface area contributed by atoms with Crippen LogP contribution in [0.3, 0.4) is 0 Å². The Morgan fingerprint density at radius 2 is 2.06 bits per heavy atom. The second-order valence-electron chi connectivity index (χ2n) is 4.33. The van der Waals surface area contributed by atoms with Crippen LogP contribution in [-0.4, -0.2) is 10.2 Å². The van der Waals surface area contributed by atoms with Gasteiger partial charge in [-0.3, -0.25) is 4.79 Å². The molecule has 1 atom stereocenters. The van der Waals surface area contributed by atoms with E-state index in [1.807, 2.05) is 32.0 Å². The number of hydrogen-bond donors (Lipinski definition) is 1. The van der Waals surface area contributed by atoms with Gasteiger partial charge in [-0.2, -0.15) is 0 Å². The monoisotopic (exact) mass is 257 g/mol. The molecule has 0 spiro atoms. The fourth-order valence-corrected chi connectivity index (χ4v) is 2.18. The van der Waals surface area contributed by atoms with E-state index in [0.717, 1.165) is 11.3 Å². The molecule has 1 aliphatic carbocycles. The van der Waals surface area contributed by atoms with Gasteiger partial charge < -0.3 is 5.32 Å². The number of aryl methyl sites for hydroxylation is 2. The summed E-state index contributed by atoms with van der Waals surface area (Å²) in [6, 6.07) is 5.89. The van der Waals surface area contributed by atoms with Crippen LogP contribution in [0.4, 0.5) is 5.69 Å². The number of carbonyl (C=O) groups is 1. The number of benzene rings is 1. The van der Waals surface area contributed by atoms with Crippen LogP contribution in [0.1, 0.15) is 17.5 Å². The van der Waals surface area contributed by atoms with Crippen LogP contribution in [0, 0.1) is 19.8 Å². The zero-order chi connectivity index (χ0) is 11.9. The zero-order valence-corrected chi connectivity index (χ0v) is 10.7. The Labute approximate surface area is 105 Å². The Balaban J connectivity index is 2.07. The van der Waals surface area contributed by atoms with E-state index >= 15 is 0 Å². The molecular weight excluding hydrogens is 245 g/mol. The second kappa shape index (κ2) is 3.94. The molecule has 1 saturated carbocycles. The van der Waals surface area contributed by atoms with E-state index in [9.17, 15) is 4.79 Å². The van der Waals surface area contributed by atoms with Gasteiger partial charge >= 0.3 is 0 Å². The summed E-state index contributed by atoms with van der Waals surface area (Å²) < 4.78 is -0.858. The maximum atomic E-state index is 11.7. The first-order chi connectivity index (χ1) is 7.40. The number of anilines is 1. The zero-order valence-electron chi connectivity index (χ0n) is 9.18. The van der Waals surface area contributed by atoms with Gasteiger partial charge in [-0.05, 0) is 31.9 Å². The Hall–Kier alpha value is -0.730. The fraction of sp³-hybridized carbons (Fsp3) is 0.417. The Bertz CT molecular complexity index is 443. The summed E-state index contributed by atoms with van der Waals surface area (Å²) in [6.45, 7) is 3.98. The van der Waals surface area contributed by atoms with Crippen molar-refractivity contribution in [3.8, 4) is 0 Å². The predicted molar refractivity (Wildman–Crippen MR) is 67.1 cm³/mol. The summed E-state index contributed by atoms with van der Waals surface area (Å²) in [7, 11) is 0. The van der Waals surface area contributed by atoms with Crippen molar-refractivity contribution in [3.63, 3.8) is 0 Å². The Morgan fingerprint density at radius 1 is 1.44 bits per heavy atom. The van der Waals surface area contributed by atoms with E-state index < -0.39 is 4.33 Å². The molecular formula is C12H13Cl2NO. The summed E-state index contributed by atoms with van der Waals surface area (Å²) >= 11 is 11.7. The summed E-state index contributed by atoms with van der Waals surface area (Å²) in [6.07, 6.45) is 0.535. The van der Waals surface area contributed by atoms with Crippen LogP contribution in [0.2, 0.25) is 0 Å². The summed E-state index contributed by atoms with van der Waals surface area (Å²) in [5.74, 6) is -0.381. The van der Waals surface area contributed by atoms with Crippen molar-refractivity contribution in [2.75, 3.05) is 5.32 Å². The average molecular weight is 258 g/mol. The molecule has 86 valence electrons. The third-order valence-electron chi connectivity index (χ3n) is 2.78. The Morgan fingerprint density at radius 3 is 2.56 bits per heavy atom. The molecule has 0 radical (unpaired) electrons. The fourth-order valence-electron chi connectivity index (χ4n) is 1.67. The molecule has 0 saturated heterocycles. The van der Waals surface area contributed by atoms with Crippen molar-refractivity contribution in [1.82, 2.24) is 0 Å². The van der Waals surface area contributed by atoms with Gasteiger partial charge in [0.25, 0.3) is 0 Å². The number of amides is 1. The third kappa shape index (κ3) is 2.33. The molecule has 1 aliphatic rings. The molecule has 16 heavy (non-hydrogen) atoms. The van der Waals surface area contributed by atoms with Gasteiger partial charge in [0.1, 0.15) is 4.33 Å². The van der Waals surface area contributed by atoms with Gasteiger partial charge in [0.05, 0.1) is 5.92 Å². The first kappa shape index (κ1) is 11.7. The summed E-state index contributed by atoms with van der Waals surface area (Å²) in [5.41, 5.74) is 3.04. The van der Waals surface area contributed by atoms with E-state index in [1.54, 1.807) is 0 Å². The van der Waals surface area contributed by atoms with Gasteiger partial charge in [-0.25, -0.2) is 0 Å². The van der Waals surface area contributed by atoms with Crippen LogP contribution in [0.25, 0.3) is 0 Å². The van der Waals surface area contributed by atoms with Crippen LogP contribution >= 0.6 is 23.2 Å². The minimum atomic E-state index is -0.858. The van der Waals surface area contributed by atoms with E-state index in [4.69, 9.17) is 23.2 Å². The van der Waals surface area contributed by atoms with E-state index in [0.29, 0.717) is 6.42 Å². The molecule has 0 aromatic heterocycles. The molecule has 0 bridgehead atoms. The van der Waals surface area contributed by atoms with Crippen molar-refractivity contribution in [3.05, 3.63) is 29.3 Å². The Kier molecular flexibility index (Phi) is 2.89. The van der Waals surface area contributed by atoms with Gasteiger partial charge in [0, 0.05) is 5.69 Å². The van der Waals surface area contributed by atoms with Crippen molar-refractivity contribution in [1.29, 1.82) is 0 Å². The van der Waals surface area contributed by atoms with Crippen LogP contribution in [-0.2, 0) is 4.79 Å². The van der Waals surface area contributed by atoms with E-state index in [2.05, 4.69) is 5.32 Å². The lowest BCUT2D eigenvalue weighted by atomic mass is 10.1. The number of hydrogen-bond acceptors (Lipinski definition) is 1. The molecule has 4 heteroatoms. The lowest BCUT2D eigenvalue weighted by molar-refractivity contribution is -0.117. The molecule has 0 aliphatic heterocycles. The highest BCUT2D eigenvalue weighted by molar-refractivity contribution is 6.52. The second-order valence-corrected chi connectivity index (χ2v) is 5.87. The number of nitrogens with one attached hydrogen (secondary N) is 1. The van der Waals surface area contributed by atoms with E-state index in [-0.39, 0.29) is 11.8 Å². The minimum absolute atomic E-state index is 0.100. The predicted octanol–water partition coefficient (Wildman–Crippen LogP) is 3.44. The molecule has 1 N–H and O–H groups in total. The molecule has 2 rings (SSSR count). The quantitative estimate of drug-likeness (QED) is 0.809. The number of alkyl halides is 2. The first-order valence-electron chi connectivity index (χ1n) is 5.16. The highest BCUT2D eigenvalue weighted by atomic mass is 35.5. The molecule has 1 fully saturated rings. The van der Waals surface area contributed by atoms with Crippen LogP contribution in [0.15, 0.2) is 18.2 Å². The van der Waals surface area contributed by atoms with Gasteiger partial charge in [-0.1, -0.05) is 17.7 Å². The molecule has 1 amide bonds. The summed E-state index contributed by atoms with van der Waals surface area (Å²) in [5, 5.41) is 2.85. The summed E-state index contributed by atoms with van der Waals surface area (Å²) in [4.78, 5) is 11.7. The standard InChI is InChI=1S/C12H13Cl2NO/c1-7-3-4-10(8(2)5-7)15-11(16)9-6-12(9,13)14/h3-5,9H,6H2,1-2H3,(H,15,16)/t9-/m1/s1. The number of rotatable bonds is 2. The van der Waals surface area contributed by atoms with Gasteiger partial charge in [-0.15, -0.1) is 23.2 Å². The van der Waals surface area contributed by atoms with Crippen molar-refractivity contribution < 1.29 is 4.79 Å². The molecule has 1 aromatic rings. The smallest absolute Gasteiger partial charge is 0.230 e. The SMILES string of the molecule is Cc1ccc(NC(=O)[C@H]2CC2(Cl)Cl)c(C)c1. The highest BCUT2D eigenvalue weighted by Crippen LogP contribution is 2.53. The van der Waals surface area contributed by atoms with Crippen molar-refractivity contribution >= 4 is 34.8 Å². The largest absolute Gasteiger partial charge is 0.326 e. The normalized spacial score (nSPS) is 21.6. The lowest BCUT2D eigenvalue weighted by Crippen LogP contribution is -2.17. The topological polar surface area (TPSA) is 29.1 Å². The average Bonchev–Trinajstić information content (AvgIpc) is 2.80. The maximum absolute atomic E-state index is 11.7. The lowest BCUT2D eigenvalue weighted by Gasteiger charge is -2.09. The molecule has 0 heterocycles. The minimum Gasteiger partial charge on any atom is -0.326 e. The molecule has 0 unspecified atom stereocenters. The van der Waals surface area contributed by atoms with Crippen LogP contribution in [0.5, 0.6) is 0 Å². The molecule has 1 aromatic carbocycles. The van der Waals surface area contributed by atoms with E-state index in [1.165, 1.54) is 5.56 Å². The first-order valence-corrected chi connectivity index (χ1v) is 5.92. The third-order valence-corrected chi connectivity index (χ3v) is 3.62. The highest BCUT2D eigenvalue weighted by Gasteiger charge is 2.56. The maximum Gasteiger partial charge on any atom is 0.230 e. The van der Waals surface area contributed by atoms with Crippen molar-refractivity contribution in [2.45, 2.75) is 24.6 Å². The number of carbonyl (C=O) groups excluding carboxylic acids is 1. The van der Waals surface area contributed by atoms with Gasteiger partial charge in [0.15, 0.2) is 0 Å². The van der Waals surface area contributed by atoms with Gasteiger partial charge in [0.2, 0.25) is 5.91 Å². The molecule has 2 nitrogen and oxygen atoms in total. The van der Waals surface area contributed by atoms with Crippen molar-refractivity contribution in [2.24, 2.45) is 5.92 Å². The number of halogens is 2.